The van der Waals surface area contributed by atoms with Crippen LogP contribution in [0.25, 0.3) is 11.3 Å². The Hall–Kier alpha value is -2.82. The van der Waals surface area contributed by atoms with Gasteiger partial charge in [-0.15, -0.1) is 0 Å². The Bertz CT molecular complexity index is 817. The number of aryl methyl sites for hydroxylation is 2. The summed E-state index contributed by atoms with van der Waals surface area (Å²) in [6, 6.07) is 10.2. The zero-order chi connectivity index (χ0) is 16.9. The van der Waals surface area contributed by atoms with E-state index < -0.39 is 0 Å². The van der Waals surface area contributed by atoms with Crippen molar-refractivity contribution in [3.05, 3.63) is 65.9 Å². The number of rotatable bonds is 5. The molecule has 3 aromatic rings. The van der Waals surface area contributed by atoms with Crippen LogP contribution in [0.3, 0.4) is 0 Å². The first-order valence-corrected chi connectivity index (χ1v) is 8.05. The first-order chi connectivity index (χ1) is 11.6. The maximum Gasteiger partial charge on any atom is 0.223 e. The largest absolute Gasteiger partial charge is 0.351 e. The molecule has 0 aliphatic rings. The molecule has 0 spiro atoms. The van der Waals surface area contributed by atoms with E-state index in [-0.39, 0.29) is 6.04 Å². The molecule has 122 valence electrons. The van der Waals surface area contributed by atoms with Gasteiger partial charge in [-0.25, -0.2) is 9.97 Å². The van der Waals surface area contributed by atoms with Crippen LogP contribution in [0.15, 0.2) is 48.9 Å². The third kappa shape index (κ3) is 3.93. The fourth-order valence-corrected chi connectivity index (χ4v) is 2.68. The fraction of sp³-hybridized carbons (Fsp3) is 0.263. The van der Waals surface area contributed by atoms with Crippen molar-refractivity contribution in [1.29, 1.82) is 0 Å². The summed E-state index contributed by atoms with van der Waals surface area (Å²) in [5.74, 6) is 0.633. The fourth-order valence-electron chi connectivity index (χ4n) is 2.68. The average molecular weight is 319 g/mol. The molecular formula is C19H21N5. The minimum atomic E-state index is 0.222. The number of nitrogens with one attached hydrogen (secondary N) is 1. The van der Waals surface area contributed by atoms with Crippen LogP contribution in [0.5, 0.6) is 0 Å². The predicted molar refractivity (Wildman–Crippen MR) is 95.8 cm³/mol. The highest BCUT2D eigenvalue weighted by Crippen LogP contribution is 2.21. The van der Waals surface area contributed by atoms with Crippen molar-refractivity contribution in [2.75, 3.05) is 5.32 Å². The molecule has 3 heterocycles. The average Bonchev–Trinajstić information content (AvgIpc) is 2.56. The summed E-state index contributed by atoms with van der Waals surface area (Å²) in [4.78, 5) is 17.5. The smallest absolute Gasteiger partial charge is 0.223 e. The van der Waals surface area contributed by atoms with Crippen LogP contribution in [0.4, 0.5) is 5.95 Å². The molecule has 0 aromatic carbocycles. The van der Waals surface area contributed by atoms with Gasteiger partial charge in [-0.05, 0) is 63.1 Å². The monoisotopic (exact) mass is 319 g/mol. The van der Waals surface area contributed by atoms with Crippen molar-refractivity contribution in [3.63, 3.8) is 0 Å². The molecule has 0 radical (unpaired) electrons. The third-order valence-electron chi connectivity index (χ3n) is 3.82. The van der Waals surface area contributed by atoms with Gasteiger partial charge in [-0.1, -0.05) is 0 Å². The van der Waals surface area contributed by atoms with Gasteiger partial charge in [-0.3, -0.25) is 9.97 Å². The summed E-state index contributed by atoms with van der Waals surface area (Å²) in [7, 11) is 0. The molecule has 1 N–H and O–H groups in total. The second kappa shape index (κ2) is 7.17. The van der Waals surface area contributed by atoms with Crippen molar-refractivity contribution in [1.82, 2.24) is 19.9 Å². The number of hydrogen-bond acceptors (Lipinski definition) is 5. The Morgan fingerprint density at radius 2 is 1.75 bits per heavy atom. The van der Waals surface area contributed by atoms with Crippen molar-refractivity contribution >= 4 is 5.95 Å². The van der Waals surface area contributed by atoms with Crippen molar-refractivity contribution < 1.29 is 0 Å². The van der Waals surface area contributed by atoms with E-state index >= 15 is 0 Å². The van der Waals surface area contributed by atoms with Crippen LogP contribution in [-0.2, 0) is 6.42 Å². The first-order valence-electron chi connectivity index (χ1n) is 8.05. The van der Waals surface area contributed by atoms with E-state index in [4.69, 9.17) is 0 Å². The van der Waals surface area contributed by atoms with Crippen molar-refractivity contribution in [3.8, 4) is 11.3 Å². The molecule has 0 aliphatic carbocycles. The zero-order valence-corrected chi connectivity index (χ0v) is 14.2. The van der Waals surface area contributed by atoms with E-state index in [0.717, 1.165) is 29.1 Å². The standard InChI is InChI=1S/C19H21N5/c1-13-4-5-17(15(3)22-13)18-8-11-21-19(24-18)23-14(2)12-16-6-9-20-10-7-16/h4-11,14H,12H2,1-3H3,(H,21,23,24)/t14-/m1/s1. The minimum absolute atomic E-state index is 0.222. The second-order valence-electron chi connectivity index (χ2n) is 5.96. The zero-order valence-electron chi connectivity index (χ0n) is 14.2. The topological polar surface area (TPSA) is 63.6 Å². The SMILES string of the molecule is Cc1ccc(-c2ccnc(N[C@H](C)Cc3ccncc3)n2)c(C)n1. The summed E-state index contributed by atoms with van der Waals surface area (Å²) in [5.41, 5.74) is 5.14. The molecule has 0 saturated heterocycles. The summed E-state index contributed by atoms with van der Waals surface area (Å²) >= 11 is 0. The van der Waals surface area contributed by atoms with Gasteiger partial charge in [0.15, 0.2) is 0 Å². The van der Waals surface area contributed by atoms with Crippen LogP contribution < -0.4 is 5.32 Å². The van der Waals surface area contributed by atoms with Gasteiger partial charge < -0.3 is 5.32 Å². The first kappa shape index (κ1) is 16.1. The number of nitrogens with zero attached hydrogens (tertiary/aromatic N) is 4. The molecule has 1 atom stereocenters. The lowest BCUT2D eigenvalue weighted by Crippen LogP contribution is -2.19. The van der Waals surface area contributed by atoms with Crippen molar-refractivity contribution in [2.24, 2.45) is 0 Å². The van der Waals surface area contributed by atoms with E-state index in [9.17, 15) is 0 Å². The van der Waals surface area contributed by atoms with Gasteiger partial charge in [-0.2, -0.15) is 0 Å². The normalized spacial score (nSPS) is 12.0. The number of aromatic nitrogens is 4. The number of hydrogen-bond donors (Lipinski definition) is 1. The molecule has 0 saturated carbocycles. The molecule has 0 fully saturated rings. The highest BCUT2D eigenvalue weighted by molar-refractivity contribution is 5.62. The van der Waals surface area contributed by atoms with Crippen LogP contribution in [0.1, 0.15) is 23.9 Å². The molecule has 24 heavy (non-hydrogen) atoms. The number of pyridine rings is 2. The van der Waals surface area contributed by atoms with E-state index in [1.54, 1.807) is 6.20 Å². The van der Waals surface area contributed by atoms with Crippen molar-refractivity contribution in [2.45, 2.75) is 33.2 Å². The lowest BCUT2D eigenvalue weighted by atomic mass is 10.1. The van der Waals surface area contributed by atoms with E-state index in [0.29, 0.717) is 5.95 Å². The minimum Gasteiger partial charge on any atom is -0.351 e. The molecule has 0 bridgehead atoms. The third-order valence-corrected chi connectivity index (χ3v) is 3.82. The van der Waals surface area contributed by atoms with E-state index in [1.807, 2.05) is 50.5 Å². The Balaban J connectivity index is 1.75. The highest BCUT2D eigenvalue weighted by atomic mass is 15.1. The Kier molecular flexibility index (Phi) is 4.79. The van der Waals surface area contributed by atoms with Crippen LogP contribution in [0, 0.1) is 13.8 Å². The molecule has 0 amide bonds. The maximum absolute atomic E-state index is 4.64. The quantitative estimate of drug-likeness (QED) is 0.778. The van der Waals surface area contributed by atoms with Gasteiger partial charge in [0.1, 0.15) is 0 Å². The molecule has 0 unspecified atom stereocenters. The Morgan fingerprint density at radius 1 is 0.958 bits per heavy atom. The van der Waals surface area contributed by atoms with Crippen LogP contribution >= 0.6 is 0 Å². The van der Waals surface area contributed by atoms with E-state index in [1.165, 1.54) is 5.56 Å². The number of anilines is 1. The summed E-state index contributed by atoms with van der Waals surface area (Å²) in [6.45, 7) is 6.11. The molecule has 5 heteroatoms. The lowest BCUT2D eigenvalue weighted by Gasteiger charge is -2.14. The van der Waals surface area contributed by atoms with Gasteiger partial charge in [0.05, 0.1) is 5.69 Å². The van der Waals surface area contributed by atoms with Gasteiger partial charge in [0.25, 0.3) is 0 Å². The Morgan fingerprint density at radius 3 is 2.50 bits per heavy atom. The van der Waals surface area contributed by atoms with E-state index in [2.05, 4.69) is 38.2 Å². The molecule has 5 nitrogen and oxygen atoms in total. The summed E-state index contributed by atoms with van der Waals surface area (Å²) < 4.78 is 0. The molecule has 0 aliphatic heterocycles. The van der Waals surface area contributed by atoms with Gasteiger partial charge in [0, 0.05) is 41.6 Å². The predicted octanol–water partition coefficient (Wildman–Crippen LogP) is 3.59. The highest BCUT2D eigenvalue weighted by Gasteiger charge is 2.09. The summed E-state index contributed by atoms with van der Waals surface area (Å²) in [6.07, 6.45) is 6.29. The van der Waals surface area contributed by atoms with Gasteiger partial charge in [0.2, 0.25) is 5.95 Å². The van der Waals surface area contributed by atoms with Crippen LogP contribution in [0.2, 0.25) is 0 Å². The van der Waals surface area contributed by atoms with Crippen LogP contribution in [-0.4, -0.2) is 26.0 Å². The summed E-state index contributed by atoms with van der Waals surface area (Å²) in [5, 5.41) is 3.37. The molecule has 3 aromatic heterocycles. The Labute approximate surface area is 142 Å². The molecular weight excluding hydrogens is 298 g/mol. The van der Waals surface area contributed by atoms with Gasteiger partial charge >= 0.3 is 0 Å². The molecule has 3 rings (SSSR count). The maximum atomic E-state index is 4.64. The second-order valence-corrected chi connectivity index (χ2v) is 5.96. The lowest BCUT2D eigenvalue weighted by molar-refractivity contribution is 0.776.